The Morgan fingerprint density at radius 2 is 1.92 bits per heavy atom. The molecule has 2 aromatic carbocycles. The number of carbonyl (C=O) groups is 1. The number of benzene rings is 2. The van der Waals surface area contributed by atoms with Crippen LogP contribution in [0.25, 0.3) is 5.69 Å². The van der Waals surface area contributed by atoms with Crippen molar-refractivity contribution in [1.29, 1.82) is 0 Å². The summed E-state index contributed by atoms with van der Waals surface area (Å²) in [6.07, 6.45) is -0.420. The average molecular weight is 348 g/mol. The monoisotopic (exact) mass is 348 g/mol. The highest BCUT2D eigenvalue weighted by molar-refractivity contribution is 5.78. The number of hydrogen-bond acceptors (Lipinski definition) is 4. The number of amides is 1. The molecule has 132 valence electrons. The number of hydrogen-bond donors (Lipinski definition) is 1. The van der Waals surface area contributed by atoms with Crippen LogP contribution < -0.4 is 5.32 Å². The van der Waals surface area contributed by atoms with Gasteiger partial charge in [0.05, 0.1) is 11.7 Å². The van der Waals surface area contributed by atoms with Gasteiger partial charge in [-0.2, -0.15) is 5.10 Å². The molecule has 6 heteroatoms. The highest BCUT2D eigenvalue weighted by Gasteiger charge is 2.35. The lowest BCUT2D eigenvalue weighted by atomic mass is 9.99. The first-order valence-electron chi connectivity index (χ1n) is 8.58. The molecule has 0 radical (unpaired) electrons. The van der Waals surface area contributed by atoms with E-state index in [2.05, 4.69) is 21.5 Å². The average Bonchev–Trinajstić information content (AvgIpc) is 3.04. The van der Waals surface area contributed by atoms with Gasteiger partial charge in [0.1, 0.15) is 18.5 Å². The Balaban J connectivity index is 1.79. The van der Waals surface area contributed by atoms with Crippen molar-refractivity contribution in [1.82, 2.24) is 20.1 Å². The molecular weight excluding hydrogens is 328 g/mol. The number of aromatic nitrogens is 3. The number of rotatable bonds is 3. The predicted octanol–water partition coefficient (Wildman–Crippen LogP) is 2.81. The minimum atomic E-state index is -0.420. The molecule has 2 heterocycles. The van der Waals surface area contributed by atoms with Gasteiger partial charge in [-0.05, 0) is 37.1 Å². The largest absolute Gasteiger partial charge is 0.358 e. The Morgan fingerprint density at radius 3 is 2.69 bits per heavy atom. The molecule has 6 nitrogen and oxygen atoms in total. The molecule has 0 spiro atoms. The summed E-state index contributed by atoms with van der Waals surface area (Å²) < 4.78 is 7.72. The number of carbonyl (C=O) groups excluding carboxylic acids is 1. The molecule has 26 heavy (non-hydrogen) atoms. The maximum absolute atomic E-state index is 11.9. The van der Waals surface area contributed by atoms with Crippen molar-refractivity contribution in [3.05, 3.63) is 77.4 Å². The van der Waals surface area contributed by atoms with Crippen molar-refractivity contribution in [3.8, 4) is 5.69 Å². The summed E-state index contributed by atoms with van der Waals surface area (Å²) >= 11 is 0. The second kappa shape index (κ2) is 6.72. The summed E-state index contributed by atoms with van der Waals surface area (Å²) in [6.45, 7) is 3.90. The van der Waals surface area contributed by atoms with Crippen molar-refractivity contribution in [3.63, 3.8) is 0 Å². The number of ether oxygens (including phenoxy) is 1. The van der Waals surface area contributed by atoms with Gasteiger partial charge in [-0.15, -0.1) is 0 Å². The molecule has 0 aliphatic carbocycles. The third kappa shape index (κ3) is 3.11. The van der Waals surface area contributed by atoms with E-state index >= 15 is 0 Å². The lowest BCUT2D eigenvalue weighted by Gasteiger charge is -2.32. The number of aryl methyl sites for hydroxylation is 2. The molecule has 1 amide bonds. The Labute approximate surface area is 151 Å². The number of morpholine rings is 1. The van der Waals surface area contributed by atoms with Crippen LogP contribution in [0.1, 0.15) is 34.9 Å². The minimum absolute atomic E-state index is 0.00766. The third-order valence-electron chi connectivity index (χ3n) is 4.41. The zero-order chi connectivity index (χ0) is 18.1. The molecule has 1 fully saturated rings. The van der Waals surface area contributed by atoms with E-state index in [1.54, 1.807) is 4.68 Å². The summed E-state index contributed by atoms with van der Waals surface area (Å²) in [5.41, 5.74) is 3.04. The normalized spacial score (nSPS) is 20.0. The van der Waals surface area contributed by atoms with Gasteiger partial charge in [-0.3, -0.25) is 4.79 Å². The fraction of sp³-hybridized carbons (Fsp3) is 0.250. The fourth-order valence-corrected chi connectivity index (χ4v) is 3.26. The molecule has 4 rings (SSSR count). The summed E-state index contributed by atoms with van der Waals surface area (Å²) in [4.78, 5) is 16.6. The van der Waals surface area contributed by atoms with E-state index in [1.807, 2.05) is 62.4 Å². The molecule has 1 aliphatic heterocycles. The summed E-state index contributed by atoms with van der Waals surface area (Å²) in [5.74, 6) is 1.21. The van der Waals surface area contributed by atoms with Gasteiger partial charge in [0.15, 0.2) is 5.82 Å². The molecule has 2 atom stereocenters. The lowest BCUT2D eigenvalue weighted by Crippen LogP contribution is -2.42. The van der Waals surface area contributed by atoms with E-state index < -0.39 is 6.10 Å². The highest BCUT2D eigenvalue weighted by Crippen LogP contribution is 2.34. The first-order valence-corrected chi connectivity index (χ1v) is 8.58. The summed E-state index contributed by atoms with van der Waals surface area (Å²) in [5, 5.41) is 7.59. The Kier molecular flexibility index (Phi) is 4.26. The SMILES string of the molecule is Cc1cccc(-n2nc(C)nc2[C@H]2OCC(=O)N[C@@H]2c2ccccc2)c1. The second-order valence-electron chi connectivity index (χ2n) is 6.46. The van der Waals surface area contributed by atoms with Gasteiger partial charge >= 0.3 is 0 Å². The first-order chi connectivity index (χ1) is 12.6. The van der Waals surface area contributed by atoms with Crippen LogP contribution in [-0.2, 0) is 9.53 Å². The number of nitrogens with one attached hydrogen (secondary N) is 1. The quantitative estimate of drug-likeness (QED) is 0.790. The molecule has 0 bridgehead atoms. The smallest absolute Gasteiger partial charge is 0.246 e. The van der Waals surface area contributed by atoms with Crippen molar-refractivity contribution in [2.24, 2.45) is 0 Å². The van der Waals surface area contributed by atoms with Gasteiger partial charge in [0.25, 0.3) is 0 Å². The Hall–Kier alpha value is -2.99. The molecule has 3 aromatic rings. The summed E-state index contributed by atoms with van der Waals surface area (Å²) in [7, 11) is 0. The van der Waals surface area contributed by atoms with E-state index in [4.69, 9.17) is 4.74 Å². The van der Waals surface area contributed by atoms with Gasteiger partial charge < -0.3 is 10.1 Å². The fourth-order valence-electron chi connectivity index (χ4n) is 3.26. The second-order valence-corrected chi connectivity index (χ2v) is 6.46. The molecule has 0 saturated carbocycles. The topological polar surface area (TPSA) is 69.0 Å². The first kappa shape index (κ1) is 16.5. The van der Waals surface area contributed by atoms with E-state index in [1.165, 1.54) is 0 Å². The zero-order valence-corrected chi connectivity index (χ0v) is 14.7. The van der Waals surface area contributed by atoms with Gasteiger partial charge in [-0.1, -0.05) is 42.5 Å². The van der Waals surface area contributed by atoms with Crippen LogP contribution in [-0.4, -0.2) is 27.3 Å². The maximum Gasteiger partial charge on any atom is 0.246 e. The van der Waals surface area contributed by atoms with Crippen molar-refractivity contribution in [2.45, 2.75) is 26.0 Å². The van der Waals surface area contributed by atoms with Crippen LogP contribution in [0.3, 0.4) is 0 Å². The molecule has 1 aliphatic rings. The van der Waals surface area contributed by atoms with Crippen molar-refractivity contribution >= 4 is 5.91 Å². The lowest BCUT2D eigenvalue weighted by molar-refractivity contribution is -0.138. The third-order valence-corrected chi connectivity index (χ3v) is 4.41. The maximum atomic E-state index is 11.9. The van der Waals surface area contributed by atoms with Crippen LogP contribution in [0.15, 0.2) is 54.6 Å². The highest BCUT2D eigenvalue weighted by atomic mass is 16.5. The zero-order valence-electron chi connectivity index (χ0n) is 14.7. The van der Waals surface area contributed by atoms with E-state index in [-0.39, 0.29) is 18.6 Å². The Bertz CT molecular complexity index is 936. The van der Waals surface area contributed by atoms with Gasteiger partial charge in [-0.25, -0.2) is 9.67 Å². The van der Waals surface area contributed by atoms with Crippen LogP contribution >= 0.6 is 0 Å². The van der Waals surface area contributed by atoms with Crippen LogP contribution in [0, 0.1) is 13.8 Å². The molecule has 1 aromatic heterocycles. The predicted molar refractivity (Wildman–Crippen MR) is 96.9 cm³/mol. The van der Waals surface area contributed by atoms with Crippen LogP contribution in [0.5, 0.6) is 0 Å². The Morgan fingerprint density at radius 1 is 1.12 bits per heavy atom. The standard InChI is InChI=1S/C20H20N4O2/c1-13-7-6-10-16(11-13)24-20(21-14(2)23-24)19-18(22-17(25)12-26-19)15-8-4-3-5-9-15/h3-11,18-19H,12H2,1-2H3,(H,22,25)/t18-,19+/m1/s1. The van der Waals surface area contributed by atoms with E-state index in [0.29, 0.717) is 11.6 Å². The molecule has 1 saturated heterocycles. The van der Waals surface area contributed by atoms with Crippen molar-refractivity contribution < 1.29 is 9.53 Å². The number of nitrogens with zero attached hydrogens (tertiary/aromatic N) is 3. The van der Waals surface area contributed by atoms with Crippen molar-refractivity contribution in [2.75, 3.05) is 6.61 Å². The minimum Gasteiger partial charge on any atom is -0.358 e. The van der Waals surface area contributed by atoms with Gasteiger partial charge in [0, 0.05) is 0 Å². The van der Waals surface area contributed by atoms with Gasteiger partial charge in [0.2, 0.25) is 5.91 Å². The molecule has 0 unspecified atom stereocenters. The van der Waals surface area contributed by atoms with E-state index in [9.17, 15) is 4.79 Å². The molecular formula is C20H20N4O2. The van der Waals surface area contributed by atoms with Crippen LogP contribution in [0.4, 0.5) is 0 Å². The van der Waals surface area contributed by atoms with E-state index in [0.717, 1.165) is 16.8 Å². The van der Waals surface area contributed by atoms with Crippen LogP contribution in [0.2, 0.25) is 0 Å². The summed E-state index contributed by atoms with van der Waals surface area (Å²) in [6, 6.07) is 17.6. The molecule has 1 N–H and O–H groups in total.